The number of halogens is 1. The van der Waals surface area contributed by atoms with Crippen LogP contribution in [0.5, 0.6) is 0 Å². The third kappa shape index (κ3) is 5.08. The van der Waals surface area contributed by atoms with Gasteiger partial charge in [0.1, 0.15) is 0 Å². The molecule has 0 amide bonds. The van der Waals surface area contributed by atoms with E-state index in [-0.39, 0.29) is 5.25 Å². The van der Waals surface area contributed by atoms with Crippen molar-refractivity contribution in [2.24, 2.45) is 0 Å². The molecule has 4 heteroatoms. The third-order valence-electron chi connectivity index (χ3n) is 2.24. The molecule has 0 saturated carbocycles. The van der Waals surface area contributed by atoms with Gasteiger partial charge < -0.3 is 5.32 Å². The van der Waals surface area contributed by atoms with E-state index in [9.17, 15) is 4.21 Å². The van der Waals surface area contributed by atoms with Crippen LogP contribution in [0.4, 0.5) is 0 Å². The molecule has 15 heavy (non-hydrogen) atoms. The van der Waals surface area contributed by atoms with Gasteiger partial charge in [-0.1, -0.05) is 12.1 Å². The van der Waals surface area contributed by atoms with Gasteiger partial charge in [-0.15, -0.1) is 0 Å². The molecule has 1 rings (SSSR count). The van der Waals surface area contributed by atoms with Crippen LogP contribution in [0, 0.1) is 3.57 Å². The van der Waals surface area contributed by atoms with Crippen molar-refractivity contribution in [3.05, 3.63) is 33.4 Å². The molecule has 1 aromatic carbocycles. The van der Waals surface area contributed by atoms with E-state index in [2.05, 4.69) is 52.2 Å². The molecule has 2 unspecified atom stereocenters. The van der Waals surface area contributed by atoms with Crippen LogP contribution >= 0.6 is 22.6 Å². The highest BCUT2D eigenvalue weighted by Gasteiger charge is 2.04. The van der Waals surface area contributed by atoms with Crippen LogP contribution in [-0.4, -0.2) is 22.3 Å². The van der Waals surface area contributed by atoms with Crippen LogP contribution in [0.2, 0.25) is 0 Å². The first-order valence-electron chi connectivity index (χ1n) is 4.87. The summed E-state index contributed by atoms with van der Waals surface area (Å²) >= 11 is 2.29. The third-order valence-corrected chi connectivity index (χ3v) is 4.26. The molecule has 0 aliphatic rings. The summed E-state index contributed by atoms with van der Waals surface area (Å²) in [5, 5.41) is 3.52. The maximum Gasteiger partial charge on any atom is 0.0441 e. The second kappa shape index (κ2) is 6.60. The standard InChI is InChI=1S/C11H16INOS/c1-9(15(2)14)7-13-8-10-3-5-11(12)6-4-10/h3-6,9,13H,7-8H2,1-2H3. The summed E-state index contributed by atoms with van der Waals surface area (Å²) in [4.78, 5) is 0. The zero-order valence-electron chi connectivity index (χ0n) is 9.00. The Morgan fingerprint density at radius 2 is 2.00 bits per heavy atom. The largest absolute Gasteiger partial charge is 0.311 e. The summed E-state index contributed by atoms with van der Waals surface area (Å²) in [6.45, 7) is 3.64. The van der Waals surface area contributed by atoms with Crippen molar-refractivity contribution >= 4 is 33.4 Å². The van der Waals surface area contributed by atoms with Gasteiger partial charge in [0.05, 0.1) is 0 Å². The number of hydrogen-bond donors (Lipinski definition) is 1. The highest BCUT2D eigenvalue weighted by atomic mass is 127. The van der Waals surface area contributed by atoms with Gasteiger partial charge in [0.2, 0.25) is 0 Å². The summed E-state index contributed by atoms with van der Waals surface area (Å²) in [6.07, 6.45) is 1.75. The second-order valence-corrected chi connectivity index (χ2v) is 6.61. The Labute approximate surface area is 107 Å². The monoisotopic (exact) mass is 337 g/mol. The van der Waals surface area contributed by atoms with Gasteiger partial charge in [-0.25, -0.2) is 0 Å². The topological polar surface area (TPSA) is 29.1 Å². The summed E-state index contributed by atoms with van der Waals surface area (Å²) in [5.41, 5.74) is 1.27. The Kier molecular flexibility index (Phi) is 5.78. The zero-order valence-corrected chi connectivity index (χ0v) is 12.0. The van der Waals surface area contributed by atoms with Crippen molar-refractivity contribution in [2.45, 2.75) is 18.7 Å². The Hall–Kier alpha value is 0.0600. The lowest BCUT2D eigenvalue weighted by Gasteiger charge is -2.09. The van der Waals surface area contributed by atoms with Crippen molar-refractivity contribution in [3.63, 3.8) is 0 Å². The molecule has 0 heterocycles. The van der Waals surface area contributed by atoms with Crippen molar-refractivity contribution in [2.75, 3.05) is 12.8 Å². The summed E-state index contributed by atoms with van der Waals surface area (Å²) in [7, 11) is -0.736. The first-order valence-corrected chi connectivity index (χ1v) is 7.57. The molecule has 84 valence electrons. The lowest BCUT2D eigenvalue weighted by atomic mass is 10.2. The second-order valence-electron chi connectivity index (χ2n) is 3.57. The molecule has 0 aliphatic carbocycles. The van der Waals surface area contributed by atoms with Crippen molar-refractivity contribution in [1.82, 2.24) is 5.32 Å². The zero-order chi connectivity index (χ0) is 11.3. The minimum Gasteiger partial charge on any atom is -0.311 e. The summed E-state index contributed by atoms with van der Waals surface area (Å²) in [6, 6.07) is 8.42. The van der Waals surface area contributed by atoms with E-state index in [0.29, 0.717) is 0 Å². The van der Waals surface area contributed by atoms with Gasteiger partial charge in [0.15, 0.2) is 0 Å². The smallest absolute Gasteiger partial charge is 0.0441 e. The van der Waals surface area contributed by atoms with Gasteiger partial charge in [-0.3, -0.25) is 4.21 Å². The number of benzene rings is 1. The minimum absolute atomic E-state index is 0.217. The van der Waals surface area contributed by atoms with Crippen molar-refractivity contribution in [3.8, 4) is 0 Å². The molecule has 2 nitrogen and oxygen atoms in total. The quantitative estimate of drug-likeness (QED) is 0.835. The molecule has 0 spiro atoms. The van der Waals surface area contributed by atoms with Crippen LogP contribution in [-0.2, 0) is 17.3 Å². The maximum absolute atomic E-state index is 11.1. The van der Waals surface area contributed by atoms with Crippen LogP contribution < -0.4 is 5.32 Å². The minimum atomic E-state index is -0.736. The Morgan fingerprint density at radius 1 is 1.40 bits per heavy atom. The van der Waals surface area contributed by atoms with E-state index in [1.807, 2.05) is 6.92 Å². The van der Waals surface area contributed by atoms with Crippen LogP contribution in [0.25, 0.3) is 0 Å². The molecule has 2 atom stereocenters. The van der Waals surface area contributed by atoms with Crippen LogP contribution in [0.1, 0.15) is 12.5 Å². The number of nitrogens with one attached hydrogen (secondary N) is 1. The molecular formula is C11H16INOS. The van der Waals surface area contributed by atoms with Gasteiger partial charge >= 0.3 is 0 Å². The van der Waals surface area contributed by atoms with E-state index >= 15 is 0 Å². The summed E-state index contributed by atoms with van der Waals surface area (Å²) < 4.78 is 12.4. The van der Waals surface area contributed by atoms with Gasteiger partial charge in [0.25, 0.3) is 0 Å². The predicted octanol–water partition coefficient (Wildman–Crippen LogP) is 2.15. The highest BCUT2D eigenvalue weighted by Crippen LogP contribution is 2.06. The van der Waals surface area contributed by atoms with Crippen molar-refractivity contribution in [1.29, 1.82) is 0 Å². The SMILES string of the molecule is CC(CNCc1ccc(I)cc1)S(C)=O. The van der Waals surface area contributed by atoms with Crippen molar-refractivity contribution < 1.29 is 4.21 Å². The molecule has 1 N–H and O–H groups in total. The average molecular weight is 337 g/mol. The highest BCUT2D eigenvalue weighted by molar-refractivity contribution is 14.1. The van der Waals surface area contributed by atoms with E-state index in [0.717, 1.165) is 13.1 Å². The fourth-order valence-corrected chi connectivity index (χ4v) is 1.85. The van der Waals surface area contributed by atoms with E-state index in [1.54, 1.807) is 6.26 Å². The van der Waals surface area contributed by atoms with E-state index in [1.165, 1.54) is 9.13 Å². The molecular weight excluding hydrogens is 321 g/mol. The van der Waals surface area contributed by atoms with E-state index in [4.69, 9.17) is 0 Å². The maximum atomic E-state index is 11.1. The van der Waals surface area contributed by atoms with E-state index < -0.39 is 10.8 Å². The molecule has 0 fully saturated rings. The number of rotatable bonds is 5. The van der Waals surface area contributed by atoms with Crippen LogP contribution in [0.15, 0.2) is 24.3 Å². The van der Waals surface area contributed by atoms with Gasteiger partial charge in [0, 0.05) is 39.0 Å². The number of hydrogen-bond acceptors (Lipinski definition) is 2. The average Bonchev–Trinajstić information content (AvgIpc) is 2.20. The van der Waals surface area contributed by atoms with Gasteiger partial charge in [-0.2, -0.15) is 0 Å². The first-order chi connectivity index (χ1) is 7.09. The Balaban J connectivity index is 2.32. The molecule has 0 bridgehead atoms. The molecule has 0 saturated heterocycles. The normalized spacial score (nSPS) is 14.9. The molecule has 1 aromatic rings. The fourth-order valence-electron chi connectivity index (χ4n) is 1.14. The molecule has 0 radical (unpaired) electrons. The fraction of sp³-hybridized carbons (Fsp3) is 0.455. The molecule has 0 aromatic heterocycles. The summed E-state index contributed by atoms with van der Waals surface area (Å²) in [5.74, 6) is 0. The molecule has 0 aliphatic heterocycles. The lowest BCUT2D eigenvalue weighted by Crippen LogP contribution is -2.27. The predicted molar refractivity (Wildman–Crippen MR) is 74.4 cm³/mol. The van der Waals surface area contributed by atoms with Crippen LogP contribution in [0.3, 0.4) is 0 Å². The Morgan fingerprint density at radius 3 is 2.53 bits per heavy atom. The lowest BCUT2D eigenvalue weighted by molar-refractivity contribution is 0.647. The Bertz CT molecular complexity index is 326. The first kappa shape index (κ1) is 13.1. The van der Waals surface area contributed by atoms with Gasteiger partial charge in [-0.05, 0) is 47.2 Å².